The smallest absolute Gasteiger partial charge is 0.378 e. The Hall–Kier alpha value is -2.60. The first-order chi connectivity index (χ1) is 14.2. The van der Waals surface area contributed by atoms with Crippen LogP contribution in [0.25, 0.3) is 5.78 Å². The molecule has 2 saturated heterocycles. The third-order valence-electron chi connectivity index (χ3n) is 5.52. The first-order valence-electron chi connectivity index (χ1n) is 9.82. The number of ether oxygens (including phenoxy) is 1. The summed E-state index contributed by atoms with van der Waals surface area (Å²) < 4.78 is 29.9. The molecule has 162 valence electrons. The van der Waals surface area contributed by atoms with E-state index >= 15 is 0 Å². The minimum Gasteiger partial charge on any atom is -0.450 e. The maximum absolute atomic E-state index is 12.4. The maximum atomic E-state index is 12.4. The lowest BCUT2D eigenvalue weighted by Gasteiger charge is -2.37. The average molecular weight is 436 g/mol. The van der Waals surface area contributed by atoms with Gasteiger partial charge in [-0.15, -0.1) is 5.10 Å². The van der Waals surface area contributed by atoms with E-state index < -0.39 is 22.4 Å². The van der Waals surface area contributed by atoms with Gasteiger partial charge in [-0.2, -0.15) is 4.98 Å². The number of carbonyl (C=O) groups is 2. The van der Waals surface area contributed by atoms with Crippen LogP contribution in [-0.2, 0) is 19.4 Å². The Morgan fingerprint density at radius 3 is 2.57 bits per heavy atom. The van der Waals surface area contributed by atoms with Crippen LogP contribution in [0, 0.1) is 13.8 Å². The van der Waals surface area contributed by atoms with Crippen LogP contribution in [0.15, 0.2) is 6.07 Å². The Bertz CT molecular complexity index is 1090. The molecule has 2 aromatic rings. The minimum absolute atomic E-state index is 0.0342. The van der Waals surface area contributed by atoms with Crippen LogP contribution in [0.1, 0.15) is 28.4 Å². The van der Waals surface area contributed by atoms with Crippen molar-refractivity contribution in [1.29, 1.82) is 0 Å². The van der Waals surface area contributed by atoms with Crippen molar-refractivity contribution in [1.82, 2.24) is 29.4 Å². The molecule has 2 aromatic heterocycles. The highest BCUT2D eigenvalue weighted by Gasteiger charge is 2.34. The molecule has 0 bridgehead atoms. The summed E-state index contributed by atoms with van der Waals surface area (Å²) in [4.78, 5) is 36.7. The van der Waals surface area contributed by atoms with Crippen molar-refractivity contribution in [3.63, 3.8) is 0 Å². The maximum Gasteiger partial charge on any atom is 0.378 e. The molecule has 2 fully saturated rings. The Balaban J connectivity index is 1.29. The summed E-state index contributed by atoms with van der Waals surface area (Å²) in [5.74, 6) is -0.486. The highest BCUT2D eigenvalue weighted by atomic mass is 32.2. The van der Waals surface area contributed by atoms with E-state index in [0.717, 1.165) is 11.4 Å². The summed E-state index contributed by atoms with van der Waals surface area (Å²) in [6, 6.07) is 1.85. The predicted octanol–water partition coefficient (Wildman–Crippen LogP) is -0.771. The van der Waals surface area contributed by atoms with Crippen LogP contribution >= 0.6 is 0 Å². The number of rotatable bonds is 4. The third-order valence-corrected chi connectivity index (χ3v) is 7.27. The molecule has 0 spiro atoms. The molecule has 4 heterocycles. The highest BCUT2D eigenvalue weighted by molar-refractivity contribution is 7.91. The first kappa shape index (κ1) is 20.7. The molecule has 0 aliphatic carbocycles. The van der Waals surface area contributed by atoms with Crippen LogP contribution in [0.2, 0.25) is 0 Å². The molecular weight excluding hydrogens is 412 g/mol. The van der Waals surface area contributed by atoms with Crippen molar-refractivity contribution in [3.05, 3.63) is 23.3 Å². The largest absolute Gasteiger partial charge is 0.450 e. The zero-order chi connectivity index (χ0) is 21.5. The van der Waals surface area contributed by atoms with Crippen LogP contribution in [0.5, 0.6) is 0 Å². The van der Waals surface area contributed by atoms with Crippen molar-refractivity contribution in [2.24, 2.45) is 0 Å². The number of esters is 1. The number of aryl methyl sites for hydroxylation is 2. The Morgan fingerprint density at radius 2 is 1.90 bits per heavy atom. The Labute approximate surface area is 173 Å². The van der Waals surface area contributed by atoms with Gasteiger partial charge in [-0.3, -0.25) is 9.69 Å². The van der Waals surface area contributed by atoms with E-state index in [1.807, 2.05) is 19.9 Å². The van der Waals surface area contributed by atoms with E-state index in [1.54, 1.807) is 4.90 Å². The molecule has 12 heteroatoms. The fourth-order valence-corrected chi connectivity index (χ4v) is 5.70. The van der Waals surface area contributed by atoms with E-state index in [9.17, 15) is 18.0 Å². The van der Waals surface area contributed by atoms with Gasteiger partial charge in [0.25, 0.3) is 17.5 Å². The van der Waals surface area contributed by atoms with E-state index in [2.05, 4.69) is 20.0 Å². The van der Waals surface area contributed by atoms with E-state index in [-0.39, 0.29) is 29.3 Å². The van der Waals surface area contributed by atoms with Crippen LogP contribution in [0.4, 0.5) is 0 Å². The van der Waals surface area contributed by atoms with E-state index in [0.29, 0.717) is 38.4 Å². The summed E-state index contributed by atoms with van der Waals surface area (Å²) in [7, 11) is -2.93. The van der Waals surface area contributed by atoms with Crippen LogP contribution in [0.3, 0.4) is 0 Å². The average Bonchev–Trinajstić information content (AvgIpc) is 3.29. The number of sulfone groups is 1. The fraction of sp³-hybridized carbons (Fsp3) is 0.611. The number of fused-ring (bicyclic) bond motifs is 1. The number of carbonyl (C=O) groups excluding carboxylic acids is 2. The molecule has 0 saturated carbocycles. The number of piperazine rings is 1. The molecule has 2 aliphatic heterocycles. The molecule has 0 radical (unpaired) electrons. The number of nitrogens with zero attached hydrogens (tertiary/aromatic N) is 6. The molecule has 0 N–H and O–H groups in total. The lowest BCUT2D eigenvalue weighted by molar-refractivity contribution is -0.136. The summed E-state index contributed by atoms with van der Waals surface area (Å²) >= 11 is 0. The first-order valence-corrected chi connectivity index (χ1v) is 11.6. The van der Waals surface area contributed by atoms with Crippen molar-refractivity contribution in [2.45, 2.75) is 26.3 Å². The summed E-state index contributed by atoms with van der Waals surface area (Å²) in [6.07, 6.45) is 0.647. The van der Waals surface area contributed by atoms with Gasteiger partial charge in [0.15, 0.2) is 16.4 Å². The molecule has 0 aromatic carbocycles. The van der Waals surface area contributed by atoms with Gasteiger partial charge in [0.1, 0.15) is 0 Å². The second-order valence-corrected chi connectivity index (χ2v) is 9.96. The molecule has 11 nitrogen and oxygen atoms in total. The van der Waals surface area contributed by atoms with Crippen molar-refractivity contribution in [3.8, 4) is 0 Å². The van der Waals surface area contributed by atoms with Crippen molar-refractivity contribution in [2.75, 3.05) is 44.3 Å². The van der Waals surface area contributed by atoms with Gasteiger partial charge in [0.05, 0.1) is 11.5 Å². The lowest BCUT2D eigenvalue weighted by atomic mass is 10.2. The van der Waals surface area contributed by atoms with Gasteiger partial charge in [0, 0.05) is 43.6 Å². The van der Waals surface area contributed by atoms with Gasteiger partial charge in [-0.05, 0) is 26.3 Å². The van der Waals surface area contributed by atoms with E-state index in [4.69, 9.17) is 4.74 Å². The zero-order valence-electron chi connectivity index (χ0n) is 16.9. The number of hydrogen-bond acceptors (Lipinski definition) is 9. The number of hydrogen-bond donors (Lipinski definition) is 0. The molecule has 1 unspecified atom stereocenters. The number of aromatic nitrogens is 4. The van der Waals surface area contributed by atoms with Gasteiger partial charge < -0.3 is 9.64 Å². The molecular formula is C18H24N6O5S. The highest BCUT2D eigenvalue weighted by Crippen LogP contribution is 2.19. The SMILES string of the molecule is Cc1cc(C)n2nc(C(=O)OCC(=O)N3CCN(C4CCS(=O)(=O)C4)CC3)nc2n1. The lowest BCUT2D eigenvalue weighted by Crippen LogP contribution is -2.53. The summed E-state index contributed by atoms with van der Waals surface area (Å²) in [5.41, 5.74) is 1.55. The molecule has 1 amide bonds. The summed E-state index contributed by atoms with van der Waals surface area (Å²) in [5, 5.41) is 4.10. The van der Waals surface area contributed by atoms with Crippen molar-refractivity contribution >= 4 is 27.5 Å². The molecule has 30 heavy (non-hydrogen) atoms. The van der Waals surface area contributed by atoms with Gasteiger partial charge in [-0.1, -0.05) is 0 Å². The molecule has 1 atom stereocenters. The van der Waals surface area contributed by atoms with E-state index in [1.165, 1.54) is 4.52 Å². The second-order valence-electron chi connectivity index (χ2n) is 7.74. The van der Waals surface area contributed by atoms with Crippen LogP contribution < -0.4 is 0 Å². The topological polar surface area (TPSA) is 127 Å². The second kappa shape index (κ2) is 7.91. The zero-order valence-corrected chi connectivity index (χ0v) is 17.8. The monoisotopic (exact) mass is 436 g/mol. The predicted molar refractivity (Wildman–Crippen MR) is 106 cm³/mol. The minimum atomic E-state index is -2.93. The Kier molecular flexibility index (Phi) is 5.45. The van der Waals surface area contributed by atoms with Gasteiger partial charge in [0.2, 0.25) is 0 Å². The Morgan fingerprint density at radius 1 is 1.17 bits per heavy atom. The third kappa shape index (κ3) is 4.29. The van der Waals surface area contributed by atoms with Gasteiger partial charge in [-0.25, -0.2) is 22.7 Å². The molecule has 4 rings (SSSR count). The van der Waals surface area contributed by atoms with Gasteiger partial charge >= 0.3 is 5.97 Å². The van der Waals surface area contributed by atoms with Crippen molar-refractivity contribution < 1.29 is 22.7 Å². The fourth-order valence-electron chi connectivity index (χ4n) is 3.94. The quantitative estimate of drug-likeness (QED) is 0.568. The summed E-state index contributed by atoms with van der Waals surface area (Å²) in [6.45, 7) is 5.43. The van der Waals surface area contributed by atoms with Crippen LogP contribution in [-0.4, -0.2) is 100 Å². The number of amides is 1. The molecule has 2 aliphatic rings. The standard InChI is InChI=1S/C18H24N6O5S/c1-12-9-13(2)24-18(19-12)20-16(21-24)17(26)29-10-15(25)23-6-4-22(5-7-23)14-3-8-30(27,28)11-14/h9,14H,3-8,10-11H2,1-2H3. The normalized spacial score (nSPS) is 21.8.